The smallest absolute Gasteiger partial charge is 0.133 e. The molecule has 0 fully saturated rings. The van der Waals surface area contributed by atoms with Crippen molar-refractivity contribution in [3.8, 4) is 5.75 Å². The predicted molar refractivity (Wildman–Crippen MR) is 76.6 cm³/mol. The van der Waals surface area contributed by atoms with E-state index in [4.69, 9.17) is 4.74 Å². The van der Waals surface area contributed by atoms with Crippen LogP contribution in [0.4, 0.5) is 0 Å². The fraction of sp³-hybridized carbons (Fsp3) is 0.571. The van der Waals surface area contributed by atoms with Crippen molar-refractivity contribution < 1.29 is 4.74 Å². The molecule has 0 radical (unpaired) electrons. The first kappa shape index (κ1) is 14.5. The van der Waals surface area contributed by atoms with Gasteiger partial charge in [-0.05, 0) is 68.2 Å². The highest BCUT2D eigenvalue weighted by atomic mass is 79.9. The molecule has 1 aromatic carbocycles. The van der Waals surface area contributed by atoms with E-state index in [9.17, 15) is 0 Å². The average molecular weight is 300 g/mol. The summed E-state index contributed by atoms with van der Waals surface area (Å²) in [6, 6.07) is 7.96. The van der Waals surface area contributed by atoms with Crippen LogP contribution in [0.5, 0.6) is 5.75 Å². The van der Waals surface area contributed by atoms with Gasteiger partial charge in [0, 0.05) is 5.54 Å². The van der Waals surface area contributed by atoms with Gasteiger partial charge in [0.25, 0.3) is 0 Å². The van der Waals surface area contributed by atoms with Crippen molar-refractivity contribution >= 4 is 15.9 Å². The number of halogens is 1. The number of benzene rings is 1. The van der Waals surface area contributed by atoms with Gasteiger partial charge >= 0.3 is 0 Å². The topological polar surface area (TPSA) is 21.3 Å². The second-order valence-electron chi connectivity index (χ2n) is 5.16. The molecule has 0 amide bonds. The van der Waals surface area contributed by atoms with Gasteiger partial charge in [0.05, 0.1) is 11.1 Å². The Hall–Kier alpha value is -0.540. The molecule has 96 valence electrons. The highest BCUT2D eigenvalue weighted by Crippen LogP contribution is 2.23. The van der Waals surface area contributed by atoms with Crippen molar-refractivity contribution in [3.05, 3.63) is 28.7 Å². The van der Waals surface area contributed by atoms with E-state index in [2.05, 4.69) is 42.0 Å². The zero-order valence-electron chi connectivity index (χ0n) is 10.9. The summed E-state index contributed by atoms with van der Waals surface area (Å²) in [5, 5.41) is 3.47. The Labute approximate surface area is 113 Å². The van der Waals surface area contributed by atoms with E-state index < -0.39 is 0 Å². The Kier molecular flexibility index (Phi) is 6.00. The van der Waals surface area contributed by atoms with Crippen LogP contribution in [0.1, 0.15) is 33.6 Å². The molecule has 0 aromatic heterocycles. The summed E-state index contributed by atoms with van der Waals surface area (Å²) >= 11 is 3.47. The molecule has 1 aromatic rings. The largest absolute Gasteiger partial charge is 0.492 e. The number of ether oxygens (including phenoxy) is 1. The molecule has 0 saturated heterocycles. The van der Waals surface area contributed by atoms with E-state index in [-0.39, 0.29) is 5.54 Å². The minimum Gasteiger partial charge on any atom is -0.492 e. The SMILES string of the molecule is CC(C)(C)NCCCCOc1ccccc1Br. The molecule has 0 heterocycles. The third-order valence-electron chi connectivity index (χ3n) is 2.32. The maximum atomic E-state index is 5.69. The second-order valence-corrected chi connectivity index (χ2v) is 6.02. The third-order valence-corrected chi connectivity index (χ3v) is 2.98. The monoisotopic (exact) mass is 299 g/mol. The molecule has 0 aliphatic heterocycles. The highest BCUT2D eigenvalue weighted by Gasteiger charge is 2.07. The molecule has 0 unspecified atom stereocenters. The lowest BCUT2D eigenvalue weighted by molar-refractivity contribution is 0.300. The summed E-state index contributed by atoms with van der Waals surface area (Å²) < 4.78 is 6.72. The Bertz CT molecular complexity index is 333. The van der Waals surface area contributed by atoms with Crippen molar-refractivity contribution in [1.29, 1.82) is 0 Å². The number of para-hydroxylation sites is 1. The van der Waals surface area contributed by atoms with Crippen molar-refractivity contribution in [2.24, 2.45) is 0 Å². The van der Waals surface area contributed by atoms with E-state index in [0.29, 0.717) is 0 Å². The van der Waals surface area contributed by atoms with Gasteiger partial charge in [-0.25, -0.2) is 0 Å². The Morgan fingerprint density at radius 3 is 2.53 bits per heavy atom. The van der Waals surface area contributed by atoms with Crippen molar-refractivity contribution in [2.75, 3.05) is 13.2 Å². The highest BCUT2D eigenvalue weighted by molar-refractivity contribution is 9.10. The molecule has 1 rings (SSSR count). The number of hydrogen-bond acceptors (Lipinski definition) is 2. The van der Waals surface area contributed by atoms with Crippen LogP contribution in [0.3, 0.4) is 0 Å². The van der Waals surface area contributed by atoms with Crippen LogP contribution < -0.4 is 10.1 Å². The van der Waals surface area contributed by atoms with Gasteiger partial charge in [0.15, 0.2) is 0 Å². The van der Waals surface area contributed by atoms with Crippen LogP contribution in [-0.4, -0.2) is 18.7 Å². The first-order valence-corrected chi connectivity index (χ1v) is 6.91. The molecule has 0 saturated carbocycles. The maximum absolute atomic E-state index is 5.69. The lowest BCUT2D eigenvalue weighted by Crippen LogP contribution is -2.36. The average Bonchev–Trinajstić information content (AvgIpc) is 2.24. The van der Waals surface area contributed by atoms with Gasteiger partial charge in [0.1, 0.15) is 5.75 Å². The molecular weight excluding hydrogens is 278 g/mol. The molecule has 0 atom stereocenters. The quantitative estimate of drug-likeness (QED) is 0.802. The van der Waals surface area contributed by atoms with Crippen LogP contribution in [0, 0.1) is 0 Å². The molecule has 2 nitrogen and oxygen atoms in total. The lowest BCUT2D eigenvalue weighted by atomic mass is 10.1. The number of rotatable bonds is 6. The zero-order valence-corrected chi connectivity index (χ0v) is 12.5. The maximum Gasteiger partial charge on any atom is 0.133 e. The predicted octanol–water partition coefficient (Wildman–Crippen LogP) is 4.00. The van der Waals surface area contributed by atoms with Gasteiger partial charge in [-0.15, -0.1) is 0 Å². The van der Waals surface area contributed by atoms with Gasteiger partial charge in [-0.2, -0.15) is 0 Å². The fourth-order valence-electron chi connectivity index (χ4n) is 1.43. The molecule has 0 aliphatic rings. The zero-order chi connectivity index (χ0) is 12.7. The first-order valence-electron chi connectivity index (χ1n) is 6.11. The van der Waals surface area contributed by atoms with Gasteiger partial charge in [-0.1, -0.05) is 12.1 Å². The van der Waals surface area contributed by atoms with E-state index >= 15 is 0 Å². The van der Waals surface area contributed by atoms with E-state index in [1.54, 1.807) is 0 Å². The van der Waals surface area contributed by atoms with Crippen LogP contribution in [0.15, 0.2) is 28.7 Å². The summed E-state index contributed by atoms with van der Waals surface area (Å²) in [7, 11) is 0. The summed E-state index contributed by atoms with van der Waals surface area (Å²) in [5.41, 5.74) is 0.212. The van der Waals surface area contributed by atoms with Crippen molar-refractivity contribution in [3.63, 3.8) is 0 Å². The normalized spacial score (nSPS) is 11.5. The number of nitrogens with one attached hydrogen (secondary N) is 1. The standard InChI is InChI=1S/C14H22BrNO/c1-14(2,3)16-10-6-7-11-17-13-9-5-4-8-12(13)15/h4-5,8-9,16H,6-7,10-11H2,1-3H3. The van der Waals surface area contributed by atoms with Gasteiger partial charge in [-0.3, -0.25) is 0 Å². The Morgan fingerprint density at radius 1 is 1.18 bits per heavy atom. The molecular formula is C14H22BrNO. The van der Waals surface area contributed by atoms with E-state index in [1.165, 1.54) is 0 Å². The third kappa shape index (κ3) is 6.69. The van der Waals surface area contributed by atoms with Gasteiger partial charge < -0.3 is 10.1 Å². The lowest BCUT2D eigenvalue weighted by Gasteiger charge is -2.20. The summed E-state index contributed by atoms with van der Waals surface area (Å²) in [6.45, 7) is 8.37. The van der Waals surface area contributed by atoms with Crippen LogP contribution in [-0.2, 0) is 0 Å². The summed E-state index contributed by atoms with van der Waals surface area (Å²) in [5.74, 6) is 0.927. The van der Waals surface area contributed by atoms with Crippen LogP contribution in [0.25, 0.3) is 0 Å². The fourth-order valence-corrected chi connectivity index (χ4v) is 1.83. The van der Waals surface area contributed by atoms with Crippen LogP contribution in [0.2, 0.25) is 0 Å². The molecule has 17 heavy (non-hydrogen) atoms. The second kappa shape index (κ2) is 7.02. The molecule has 1 N–H and O–H groups in total. The van der Waals surface area contributed by atoms with Crippen molar-refractivity contribution in [1.82, 2.24) is 5.32 Å². The first-order chi connectivity index (χ1) is 7.99. The Balaban J connectivity index is 2.11. The summed E-state index contributed by atoms with van der Waals surface area (Å²) in [4.78, 5) is 0. The van der Waals surface area contributed by atoms with Gasteiger partial charge in [0.2, 0.25) is 0 Å². The molecule has 3 heteroatoms. The molecule has 0 bridgehead atoms. The summed E-state index contributed by atoms with van der Waals surface area (Å²) in [6.07, 6.45) is 2.21. The molecule has 0 spiro atoms. The number of unbranched alkanes of at least 4 members (excludes halogenated alkanes) is 1. The minimum absolute atomic E-state index is 0.212. The van der Waals surface area contributed by atoms with E-state index in [1.807, 2.05) is 24.3 Å². The molecule has 0 aliphatic carbocycles. The number of hydrogen-bond donors (Lipinski definition) is 1. The van der Waals surface area contributed by atoms with Crippen LogP contribution >= 0.6 is 15.9 Å². The van der Waals surface area contributed by atoms with E-state index in [0.717, 1.165) is 36.2 Å². The minimum atomic E-state index is 0.212. The Morgan fingerprint density at radius 2 is 1.88 bits per heavy atom. The van der Waals surface area contributed by atoms with Crippen molar-refractivity contribution in [2.45, 2.75) is 39.2 Å².